The molecule has 0 amide bonds. The van der Waals surface area contributed by atoms with Crippen LogP contribution < -0.4 is 0 Å². The number of H-pyrrole nitrogens is 1. The van der Waals surface area contributed by atoms with Crippen LogP contribution >= 0.6 is 23.4 Å². The van der Waals surface area contributed by atoms with Crippen molar-refractivity contribution in [1.82, 2.24) is 4.98 Å². The van der Waals surface area contributed by atoms with Crippen LogP contribution in [0.25, 0.3) is 10.9 Å². The third-order valence-corrected chi connectivity index (χ3v) is 4.59. The number of benzene rings is 2. The van der Waals surface area contributed by atoms with Crippen LogP contribution in [0.15, 0.2) is 58.5 Å². The Morgan fingerprint density at radius 3 is 2.79 bits per heavy atom. The van der Waals surface area contributed by atoms with Crippen molar-refractivity contribution in [2.24, 2.45) is 0 Å². The fourth-order valence-electron chi connectivity index (χ4n) is 2.17. The van der Waals surface area contributed by atoms with Crippen LogP contribution in [0, 0.1) is 0 Å². The summed E-state index contributed by atoms with van der Waals surface area (Å²) < 4.78 is 0. The SMILES string of the molecule is CCc1ccccc1Sc1c[nH]c2cc(Cl)ccc12. The van der Waals surface area contributed by atoms with Gasteiger partial charge in [-0.1, -0.05) is 54.6 Å². The molecule has 2 aromatic carbocycles. The average molecular weight is 288 g/mol. The van der Waals surface area contributed by atoms with Gasteiger partial charge < -0.3 is 4.98 Å². The molecule has 0 fully saturated rings. The quantitative estimate of drug-likeness (QED) is 0.669. The summed E-state index contributed by atoms with van der Waals surface area (Å²) in [6.07, 6.45) is 3.11. The maximum atomic E-state index is 6.01. The maximum absolute atomic E-state index is 6.01. The molecule has 0 atom stereocenters. The molecule has 1 aromatic heterocycles. The highest BCUT2D eigenvalue weighted by molar-refractivity contribution is 7.99. The molecule has 0 aliphatic carbocycles. The van der Waals surface area contributed by atoms with E-state index in [9.17, 15) is 0 Å². The number of hydrogen-bond donors (Lipinski definition) is 1. The summed E-state index contributed by atoms with van der Waals surface area (Å²) in [4.78, 5) is 5.84. The highest BCUT2D eigenvalue weighted by Crippen LogP contribution is 2.36. The third kappa shape index (κ3) is 2.51. The second kappa shape index (κ2) is 5.32. The molecule has 0 saturated carbocycles. The van der Waals surface area contributed by atoms with Gasteiger partial charge >= 0.3 is 0 Å². The van der Waals surface area contributed by atoms with Crippen LogP contribution in [0.1, 0.15) is 12.5 Å². The van der Waals surface area contributed by atoms with Crippen molar-refractivity contribution in [3.8, 4) is 0 Å². The van der Waals surface area contributed by atoms with Crippen LogP contribution in [-0.2, 0) is 6.42 Å². The first-order chi connectivity index (χ1) is 9.28. The first kappa shape index (κ1) is 12.6. The Labute approximate surface area is 122 Å². The Bertz CT molecular complexity index is 718. The smallest absolute Gasteiger partial charge is 0.0480 e. The lowest BCUT2D eigenvalue weighted by Gasteiger charge is -2.06. The summed E-state index contributed by atoms with van der Waals surface area (Å²) in [5.74, 6) is 0. The minimum Gasteiger partial charge on any atom is -0.360 e. The number of nitrogens with one attached hydrogen (secondary N) is 1. The first-order valence-corrected chi connectivity index (χ1v) is 7.50. The van der Waals surface area contributed by atoms with Gasteiger partial charge in [0.2, 0.25) is 0 Å². The largest absolute Gasteiger partial charge is 0.360 e. The van der Waals surface area contributed by atoms with Gasteiger partial charge in [-0.3, -0.25) is 0 Å². The van der Waals surface area contributed by atoms with Gasteiger partial charge in [-0.05, 0) is 30.2 Å². The summed E-state index contributed by atoms with van der Waals surface area (Å²) in [5.41, 5.74) is 2.47. The number of hydrogen-bond acceptors (Lipinski definition) is 1. The number of rotatable bonds is 3. The van der Waals surface area contributed by atoms with E-state index in [-0.39, 0.29) is 0 Å². The lowest BCUT2D eigenvalue weighted by atomic mass is 10.2. The molecule has 0 spiro atoms. The topological polar surface area (TPSA) is 15.8 Å². The van der Waals surface area contributed by atoms with Crippen molar-refractivity contribution in [3.05, 3.63) is 59.2 Å². The van der Waals surface area contributed by atoms with E-state index in [1.807, 2.05) is 12.1 Å². The summed E-state index contributed by atoms with van der Waals surface area (Å²) in [7, 11) is 0. The third-order valence-electron chi connectivity index (χ3n) is 3.18. The molecule has 1 N–H and O–H groups in total. The predicted octanol–water partition coefficient (Wildman–Crippen LogP) is 5.53. The van der Waals surface area contributed by atoms with Crippen LogP contribution in [0.4, 0.5) is 0 Å². The molecule has 1 nitrogen and oxygen atoms in total. The van der Waals surface area contributed by atoms with E-state index < -0.39 is 0 Å². The number of aryl methyl sites for hydroxylation is 1. The minimum atomic E-state index is 0.764. The Balaban J connectivity index is 2.01. The zero-order valence-corrected chi connectivity index (χ0v) is 12.2. The molecule has 0 unspecified atom stereocenters. The van der Waals surface area contributed by atoms with Crippen LogP contribution in [0.3, 0.4) is 0 Å². The monoisotopic (exact) mass is 287 g/mol. The molecule has 0 aliphatic rings. The number of fused-ring (bicyclic) bond motifs is 1. The summed E-state index contributed by atoms with van der Waals surface area (Å²) in [6.45, 7) is 2.19. The normalized spacial score (nSPS) is 11.1. The molecule has 96 valence electrons. The van der Waals surface area contributed by atoms with Gasteiger partial charge in [-0.25, -0.2) is 0 Å². The molecule has 0 radical (unpaired) electrons. The lowest BCUT2D eigenvalue weighted by molar-refractivity contribution is 1.08. The summed E-state index contributed by atoms with van der Waals surface area (Å²) >= 11 is 7.82. The van der Waals surface area contributed by atoms with Gasteiger partial charge in [-0.15, -0.1) is 0 Å². The zero-order chi connectivity index (χ0) is 13.2. The Hall–Kier alpha value is -1.38. The number of halogens is 1. The van der Waals surface area contributed by atoms with Crippen LogP contribution in [-0.4, -0.2) is 4.98 Å². The highest BCUT2D eigenvalue weighted by Gasteiger charge is 2.08. The van der Waals surface area contributed by atoms with Gasteiger partial charge in [0.1, 0.15) is 0 Å². The van der Waals surface area contributed by atoms with Gasteiger partial charge in [-0.2, -0.15) is 0 Å². The van der Waals surface area contributed by atoms with Crippen LogP contribution in [0.5, 0.6) is 0 Å². The number of aromatic amines is 1. The summed E-state index contributed by atoms with van der Waals surface area (Å²) in [5, 5.41) is 1.99. The first-order valence-electron chi connectivity index (χ1n) is 6.30. The molecule has 0 bridgehead atoms. The lowest BCUT2D eigenvalue weighted by Crippen LogP contribution is -1.83. The second-order valence-corrected chi connectivity index (χ2v) is 5.93. The molecule has 3 aromatic rings. The molecule has 3 heteroatoms. The van der Waals surface area contributed by atoms with Gasteiger partial charge in [0.15, 0.2) is 0 Å². The Morgan fingerprint density at radius 2 is 1.95 bits per heavy atom. The van der Waals surface area contributed by atoms with E-state index in [0.717, 1.165) is 17.0 Å². The van der Waals surface area contributed by atoms with Gasteiger partial charge in [0.25, 0.3) is 0 Å². The van der Waals surface area contributed by atoms with Crippen molar-refractivity contribution in [2.75, 3.05) is 0 Å². The van der Waals surface area contributed by atoms with E-state index in [2.05, 4.69) is 48.4 Å². The standard InChI is InChI=1S/C16H14ClNS/c1-2-11-5-3-4-6-15(11)19-16-10-18-14-9-12(17)7-8-13(14)16/h3-10,18H,2H2,1H3. The van der Waals surface area contributed by atoms with Crippen molar-refractivity contribution < 1.29 is 0 Å². The number of aromatic nitrogens is 1. The van der Waals surface area contributed by atoms with Gasteiger partial charge in [0, 0.05) is 31.9 Å². The second-order valence-electron chi connectivity index (χ2n) is 4.41. The predicted molar refractivity (Wildman–Crippen MR) is 83.3 cm³/mol. The Kier molecular flexibility index (Phi) is 3.54. The molecule has 0 aliphatic heterocycles. The van der Waals surface area contributed by atoms with E-state index >= 15 is 0 Å². The molecular formula is C16H14ClNS. The van der Waals surface area contributed by atoms with E-state index in [1.165, 1.54) is 20.7 Å². The Morgan fingerprint density at radius 1 is 1.11 bits per heavy atom. The molecular weight excluding hydrogens is 274 g/mol. The maximum Gasteiger partial charge on any atom is 0.0480 e. The van der Waals surface area contributed by atoms with E-state index in [0.29, 0.717) is 0 Å². The van der Waals surface area contributed by atoms with E-state index in [1.54, 1.807) is 11.8 Å². The van der Waals surface area contributed by atoms with Gasteiger partial charge in [0.05, 0.1) is 0 Å². The highest BCUT2D eigenvalue weighted by atomic mass is 35.5. The summed E-state index contributed by atoms with van der Waals surface area (Å²) in [6, 6.07) is 14.5. The molecule has 0 saturated heterocycles. The van der Waals surface area contributed by atoms with Crippen molar-refractivity contribution in [2.45, 2.75) is 23.1 Å². The molecule has 1 heterocycles. The van der Waals surface area contributed by atoms with Crippen molar-refractivity contribution in [3.63, 3.8) is 0 Å². The van der Waals surface area contributed by atoms with Crippen LogP contribution in [0.2, 0.25) is 5.02 Å². The minimum absolute atomic E-state index is 0.764. The fourth-order valence-corrected chi connectivity index (χ4v) is 3.48. The zero-order valence-electron chi connectivity index (χ0n) is 10.6. The molecule has 19 heavy (non-hydrogen) atoms. The fraction of sp³-hybridized carbons (Fsp3) is 0.125. The average Bonchev–Trinajstić information content (AvgIpc) is 2.82. The van der Waals surface area contributed by atoms with Crippen molar-refractivity contribution >= 4 is 34.3 Å². The molecule has 3 rings (SSSR count). The van der Waals surface area contributed by atoms with Crippen molar-refractivity contribution in [1.29, 1.82) is 0 Å². The van der Waals surface area contributed by atoms with E-state index in [4.69, 9.17) is 11.6 Å².